The van der Waals surface area contributed by atoms with Crippen LogP contribution in [0.5, 0.6) is 0 Å². The van der Waals surface area contributed by atoms with E-state index >= 15 is 0 Å². The van der Waals surface area contributed by atoms with Gasteiger partial charge in [0.2, 0.25) is 0 Å². The van der Waals surface area contributed by atoms with Crippen molar-refractivity contribution in [3.63, 3.8) is 0 Å². The van der Waals surface area contributed by atoms with Crippen LogP contribution in [0.25, 0.3) is 0 Å². The Morgan fingerprint density at radius 1 is 0.388 bits per heavy atom. The minimum atomic E-state index is -0.760. The van der Waals surface area contributed by atoms with Crippen LogP contribution in [0.1, 0.15) is 227 Å². The Morgan fingerprint density at radius 2 is 0.673 bits per heavy atom. The van der Waals surface area contributed by atoms with Crippen LogP contribution in [0.4, 0.5) is 0 Å². The first kappa shape index (κ1) is 47.4. The van der Waals surface area contributed by atoms with Gasteiger partial charge in [-0.3, -0.25) is 14.4 Å². The lowest BCUT2D eigenvalue weighted by Crippen LogP contribution is -2.30. The fraction of sp³-hybridized carbons (Fsp3) is 0.930. The van der Waals surface area contributed by atoms with Gasteiger partial charge in [0.05, 0.1) is 0 Å². The van der Waals surface area contributed by atoms with Crippen LogP contribution < -0.4 is 0 Å². The van der Waals surface area contributed by atoms with Crippen molar-refractivity contribution in [2.24, 2.45) is 11.8 Å². The molecule has 1 atom stereocenters. The third kappa shape index (κ3) is 37.5. The second-order valence-electron chi connectivity index (χ2n) is 15.6. The fourth-order valence-electron chi connectivity index (χ4n) is 6.22. The summed E-state index contributed by atoms with van der Waals surface area (Å²) in [6.07, 6.45) is 32.4. The normalized spacial score (nSPS) is 12.1. The van der Waals surface area contributed by atoms with Crippen molar-refractivity contribution in [1.82, 2.24) is 0 Å². The van der Waals surface area contributed by atoms with Gasteiger partial charge in [-0.25, -0.2) is 0 Å². The molecule has 0 bridgehead atoms. The maximum absolute atomic E-state index is 12.6. The van der Waals surface area contributed by atoms with E-state index in [0.717, 1.165) is 69.6 Å². The lowest BCUT2D eigenvalue weighted by molar-refractivity contribution is -0.167. The minimum absolute atomic E-state index is 0.0665. The number of carbonyl (C=O) groups is 3. The van der Waals surface area contributed by atoms with Crippen molar-refractivity contribution in [1.29, 1.82) is 0 Å². The second kappa shape index (κ2) is 36.2. The number of esters is 3. The van der Waals surface area contributed by atoms with Gasteiger partial charge in [-0.1, -0.05) is 189 Å². The highest BCUT2D eigenvalue weighted by Gasteiger charge is 2.19. The second-order valence-corrected chi connectivity index (χ2v) is 15.6. The van der Waals surface area contributed by atoms with Crippen LogP contribution in [-0.4, -0.2) is 37.2 Å². The minimum Gasteiger partial charge on any atom is -0.462 e. The van der Waals surface area contributed by atoms with Crippen LogP contribution in [0, 0.1) is 11.8 Å². The summed E-state index contributed by atoms with van der Waals surface area (Å²) in [4.78, 5) is 37.5. The fourth-order valence-corrected chi connectivity index (χ4v) is 6.22. The molecule has 0 aromatic carbocycles. The van der Waals surface area contributed by atoms with Gasteiger partial charge in [-0.15, -0.1) is 0 Å². The Morgan fingerprint density at radius 3 is 1.00 bits per heavy atom. The highest BCUT2D eigenvalue weighted by atomic mass is 16.6. The largest absolute Gasteiger partial charge is 0.462 e. The molecule has 0 aliphatic carbocycles. The molecule has 0 radical (unpaired) electrons. The van der Waals surface area contributed by atoms with Gasteiger partial charge in [0.25, 0.3) is 0 Å². The van der Waals surface area contributed by atoms with E-state index in [-0.39, 0.29) is 31.1 Å². The quantitative estimate of drug-likeness (QED) is 0.0366. The summed E-state index contributed by atoms with van der Waals surface area (Å²) < 4.78 is 16.6. The Labute approximate surface area is 304 Å². The van der Waals surface area contributed by atoms with Gasteiger partial charge >= 0.3 is 17.9 Å². The van der Waals surface area contributed by atoms with E-state index in [1.54, 1.807) is 0 Å². The third-order valence-electron chi connectivity index (χ3n) is 9.47. The number of hydrogen-bond donors (Lipinski definition) is 0. The molecule has 0 unspecified atom stereocenters. The van der Waals surface area contributed by atoms with Gasteiger partial charge in [0.15, 0.2) is 6.10 Å². The molecule has 0 spiro atoms. The van der Waals surface area contributed by atoms with Crippen molar-refractivity contribution < 1.29 is 28.6 Å². The molecule has 0 heterocycles. The molecule has 0 saturated carbocycles. The molecular weight excluding hydrogens is 612 g/mol. The Hall–Kier alpha value is -1.59. The van der Waals surface area contributed by atoms with Crippen molar-refractivity contribution in [2.45, 2.75) is 233 Å². The van der Waals surface area contributed by atoms with Crippen LogP contribution in [0.2, 0.25) is 0 Å². The number of unbranched alkanes of at least 4 members (excludes halogenated alkanes) is 22. The number of rotatable bonds is 37. The molecule has 6 heteroatoms. The first-order chi connectivity index (χ1) is 23.7. The maximum atomic E-state index is 12.6. The van der Waals surface area contributed by atoms with E-state index in [1.165, 1.54) is 116 Å². The summed E-state index contributed by atoms with van der Waals surface area (Å²) in [6, 6.07) is 0. The Bertz CT molecular complexity index is 749. The third-order valence-corrected chi connectivity index (χ3v) is 9.47. The van der Waals surface area contributed by atoms with Crippen molar-refractivity contribution in [3.05, 3.63) is 0 Å². The summed E-state index contributed by atoms with van der Waals surface area (Å²) in [7, 11) is 0. The smallest absolute Gasteiger partial charge is 0.306 e. The molecule has 290 valence electrons. The highest BCUT2D eigenvalue weighted by Crippen LogP contribution is 2.16. The summed E-state index contributed by atoms with van der Waals surface area (Å²) >= 11 is 0. The lowest BCUT2D eigenvalue weighted by Gasteiger charge is -2.18. The van der Waals surface area contributed by atoms with Crippen LogP contribution in [0.15, 0.2) is 0 Å². The number of carbonyl (C=O) groups excluding carboxylic acids is 3. The summed E-state index contributed by atoms with van der Waals surface area (Å²) in [5.74, 6) is 0.699. The lowest BCUT2D eigenvalue weighted by atomic mass is 10.0. The molecule has 0 amide bonds. The molecule has 0 aliphatic heterocycles. The summed E-state index contributed by atoms with van der Waals surface area (Å²) in [6.45, 7) is 11.2. The molecular formula is C43H82O6. The Kier molecular flexibility index (Phi) is 35.0. The molecule has 0 aromatic rings. The molecule has 49 heavy (non-hydrogen) atoms. The molecule has 0 saturated heterocycles. The van der Waals surface area contributed by atoms with E-state index in [1.807, 2.05) is 0 Å². The topological polar surface area (TPSA) is 78.9 Å². The zero-order chi connectivity index (χ0) is 36.2. The monoisotopic (exact) mass is 695 g/mol. The van der Waals surface area contributed by atoms with E-state index < -0.39 is 6.10 Å². The van der Waals surface area contributed by atoms with E-state index in [2.05, 4.69) is 34.6 Å². The zero-order valence-electron chi connectivity index (χ0n) is 33.3. The first-order valence-corrected chi connectivity index (χ1v) is 21.2. The van der Waals surface area contributed by atoms with Crippen LogP contribution in [-0.2, 0) is 28.6 Å². The molecule has 0 aliphatic rings. The number of ether oxygens (including phenoxy) is 3. The van der Waals surface area contributed by atoms with Crippen molar-refractivity contribution in [2.75, 3.05) is 13.2 Å². The maximum Gasteiger partial charge on any atom is 0.306 e. The average molecular weight is 695 g/mol. The van der Waals surface area contributed by atoms with Crippen LogP contribution >= 0.6 is 0 Å². The van der Waals surface area contributed by atoms with Gasteiger partial charge in [-0.2, -0.15) is 0 Å². The molecule has 0 N–H and O–H groups in total. The molecule has 6 nitrogen and oxygen atoms in total. The van der Waals surface area contributed by atoms with E-state index in [0.29, 0.717) is 19.3 Å². The summed E-state index contributed by atoms with van der Waals surface area (Å²) in [5, 5.41) is 0. The predicted molar refractivity (Wildman–Crippen MR) is 206 cm³/mol. The number of hydrogen-bond acceptors (Lipinski definition) is 6. The van der Waals surface area contributed by atoms with E-state index in [4.69, 9.17) is 14.2 Å². The van der Waals surface area contributed by atoms with Gasteiger partial charge in [0, 0.05) is 19.3 Å². The Balaban J connectivity index is 4.33. The van der Waals surface area contributed by atoms with Crippen molar-refractivity contribution in [3.8, 4) is 0 Å². The average Bonchev–Trinajstić information content (AvgIpc) is 3.06. The first-order valence-electron chi connectivity index (χ1n) is 21.2. The van der Waals surface area contributed by atoms with Gasteiger partial charge < -0.3 is 14.2 Å². The van der Waals surface area contributed by atoms with Crippen LogP contribution in [0.3, 0.4) is 0 Å². The highest BCUT2D eigenvalue weighted by molar-refractivity contribution is 5.71. The zero-order valence-corrected chi connectivity index (χ0v) is 33.3. The molecule has 0 rings (SSSR count). The summed E-state index contributed by atoms with van der Waals surface area (Å²) in [5.41, 5.74) is 0. The standard InChI is InChI=1S/C43H82O6/c1-6-7-8-9-10-11-14-17-23-28-33-41(44)47-36-40(49-43(46)35-30-25-20-19-22-27-32-39(4)5)37-48-42(45)34-29-24-18-15-12-13-16-21-26-31-38(2)3/h38-40H,6-37H2,1-5H3/t40-/m1/s1. The molecule has 0 fully saturated rings. The molecule has 0 aromatic heterocycles. The van der Waals surface area contributed by atoms with Crippen molar-refractivity contribution >= 4 is 17.9 Å². The van der Waals surface area contributed by atoms with E-state index in [9.17, 15) is 14.4 Å². The van der Waals surface area contributed by atoms with Gasteiger partial charge in [-0.05, 0) is 31.1 Å². The SMILES string of the molecule is CCCCCCCCCCCCC(=O)OC[C@H](COC(=O)CCCCCCCCCCCC(C)C)OC(=O)CCCCCCCCC(C)C. The van der Waals surface area contributed by atoms with Gasteiger partial charge in [0.1, 0.15) is 13.2 Å². The predicted octanol–water partition coefficient (Wildman–Crippen LogP) is 13.0.